The van der Waals surface area contributed by atoms with Crippen LogP contribution in [0.2, 0.25) is 0 Å². The summed E-state index contributed by atoms with van der Waals surface area (Å²) in [5, 5.41) is 21.1. The third kappa shape index (κ3) is 7.15. The number of amides is 1. The predicted octanol–water partition coefficient (Wildman–Crippen LogP) is 4.86. The molecule has 41 heavy (non-hydrogen) atoms. The fourth-order valence-corrected chi connectivity index (χ4v) is 6.40. The van der Waals surface area contributed by atoms with Gasteiger partial charge in [-0.1, -0.05) is 32.0 Å². The van der Waals surface area contributed by atoms with Crippen LogP contribution in [0.1, 0.15) is 69.2 Å². The first-order valence-electron chi connectivity index (χ1n) is 14.7. The van der Waals surface area contributed by atoms with Gasteiger partial charge in [-0.15, -0.1) is 11.3 Å². The Morgan fingerprint density at radius 3 is 2.71 bits per heavy atom. The van der Waals surface area contributed by atoms with Crippen LogP contribution in [-0.4, -0.2) is 58.5 Å². The minimum Gasteiger partial charge on any atom is -0.471 e. The molecular formula is C32H42N4O4S. The molecule has 0 bridgehead atoms. The molecule has 2 aliphatic rings. The molecule has 3 aromatic rings. The van der Waals surface area contributed by atoms with E-state index >= 15 is 0 Å². The predicted molar refractivity (Wildman–Crippen MR) is 161 cm³/mol. The van der Waals surface area contributed by atoms with Crippen molar-refractivity contribution >= 4 is 17.2 Å². The van der Waals surface area contributed by atoms with E-state index in [0.29, 0.717) is 24.8 Å². The summed E-state index contributed by atoms with van der Waals surface area (Å²) in [7, 11) is 1.51. The number of pyridine rings is 1. The summed E-state index contributed by atoms with van der Waals surface area (Å²) in [6, 6.07) is 9.83. The highest BCUT2D eigenvalue weighted by molar-refractivity contribution is 7.13. The molecule has 8 nitrogen and oxygen atoms in total. The third-order valence-electron chi connectivity index (χ3n) is 8.26. The first kappa shape index (κ1) is 29.6. The van der Waals surface area contributed by atoms with Gasteiger partial charge in [-0.3, -0.25) is 4.79 Å². The van der Waals surface area contributed by atoms with Crippen molar-refractivity contribution in [1.29, 1.82) is 0 Å². The van der Waals surface area contributed by atoms with E-state index in [1.165, 1.54) is 12.7 Å². The summed E-state index contributed by atoms with van der Waals surface area (Å²) in [6.45, 7) is 6.43. The van der Waals surface area contributed by atoms with E-state index in [9.17, 15) is 9.90 Å². The first-order valence-corrected chi connectivity index (χ1v) is 15.5. The molecule has 1 spiro atoms. The standard InChI is InChI=1S/C32H42N4O4S/c1-20(2)13-23-15-25-27(17-32(9-6-10-32)40-30(25)35-18-23)34-19-28(37)26(36-29(38)21(3)39-4)16-22-7-5-8-24(14-22)31-33-11-12-41-31/h5,7-8,11-12,14-15,18,20-21,26-28,34,37H,6,9-10,13,16-17,19H2,1-4H3,(H,36,38)/t21?,26-,27-,28+/m0/s1. The Labute approximate surface area is 246 Å². The van der Waals surface area contributed by atoms with Gasteiger partial charge in [0.25, 0.3) is 0 Å². The lowest BCUT2D eigenvalue weighted by Crippen LogP contribution is -2.53. The summed E-state index contributed by atoms with van der Waals surface area (Å²) in [5.41, 5.74) is 4.10. The van der Waals surface area contributed by atoms with E-state index in [2.05, 4.69) is 41.6 Å². The van der Waals surface area contributed by atoms with Crippen LogP contribution in [-0.2, 0) is 22.4 Å². The van der Waals surface area contributed by atoms with Crippen LogP contribution >= 0.6 is 11.3 Å². The van der Waals surface area contributed by atoms with Gasteiger partial charge in [0.15, 0.2) is 0 Å². The fourth-order valence-electron chi connectivity index (χ4n) is 5.77. The molecule has 1 aliphatic heterocycles. The second-order valence-electron chi connectivity index (χ2n) is 11.9. The Morgan fingerprint density at radius 2 is 2.02 bits per heavy atom. The molecule has 1 aliphatic carbocycles. The molecule has 3 heterocycles. The van der Waals surface area contributed by atoms with Crippen molar-refractivity contribution in [2.45, 2.75) is 89.2 Å². The number of benzene rings is 1. The molecule has 1 aromatic carbocycles. The zero-order valence-electron chi connectivity index (χ0n) is 24.4. The Morgan fingerprint density at radius 1 is 1.20 bits per heavy atom. The number of carbonyl (C=O) groups is 1. The van der Waals surface area contributed by atoms with Gasteiger partial charge in [0.05, 0.1) is 12.1 Å². The number of rotatable bonds is 12. The second kappa shape index (κ2) is 13.0. The number of fused-ring (bicyclic) bond motifs is 1. The van der Waals surface area contributed by atoms with E-state index in [0.717, 1.165) is 53.8 Å². The molecule has 2 aromatic heterocycles. The maximum atomic E-state index is 12.9. The monoisotopic (exact) mass is 578 g/mol. The normalized spacial score (nSPS) is 19.6. The molecule has 4 atom stereocenters. The van der Waals surface area contributed by atoms with Crippen molar-refractivity contribution in [2.75, 3.05) is 13.7 Å². The van der Waals surface area contributed by atoms with E-state index in [4.69, 9.17) is 14.5 Å². The minimum atomic E-state index is -0.832. The molecule has 1 saturated carbocycles. The number of aliphatic hydroxyl groups excluding tert-OH is 1. The molecule has 3 N–H and O–H groups in total. The van der Waals surface area contributed by atoms with Crippen molar-refractivity contribution in [2.24, 2.45) is 5.92 Å². The second-order valence-corrected chi connectivity index (χ2v) is 12.8. The molecule has 1 amide bonds. The number of methoxy groups -OCH3 is 1. The van der Waals surface area contributed by atoms with Crippen LogP contribution in [0.3, 0.4) is 0 Å². The van der Waals surface area contributed by atoms with Crippen LogP contribution in [0.25, 0.3) is 10.6 Å². The maximum Gasteiger partial charge on any atom is 0.249 e. The molecule has 0 saturated heterocycles. The number of hydrogen-bond acceptors (Lipinski definition) is 8. The van der Waals surface area contributed by atoms with E-state index < -0.39 is 18.2 Å². The van der Waals surface area contributed by atoms with Crippen molar-refractivity contribution in [3.05, 3.63) is 64.8 Å². The van der Waals surface area contributed by atoms with Gasteiger partial charge >= 0.3 is 0 Å². The Bertz CT molecular complexity index is 1310. The summed E-state index contributed by atoms with van der Waals surface area (Å²) in [6.07, 6.45) is 7.73. The molecule has 220 valence electrons. The molecule has 5 rings (SSSR count). The lowest BCUT2D eigenvalue weighted by molar-refractivity contribution is -0.131. The number of nitrogens with zero attached hydrogens (tertiary/aromatic N) is 2. The number of hydrogen-bond donors (Lipinski definition) is 3. The van der Waals surface area contributed by atoms with Crippen LogP contribution in [0.5, 0.6) is 5.88 Å². The van der Waals surface area contributed by atoms with Gasteiger partial charge in [0, 0.05) is 55.0 Å². The SMILES string of the molecule is COC(C)C(=O)N[C@@H](Cc1cccc(-c2nccs2)c1)[C@H](O)CN[C@H]1CC2(CCC2)Oc2ncc(CC(C)C)cc21. The fraction of sp³-hybridized carbons (Fsp3) is 0.531. The summed E-state index contributed by atoms with van der Waals surface area (Å²) < 4.78 is 11.7. The van der Waals surface area contributed by atoms with Crippen molar-refractivity contribution in [1.82, 2.24) is 20.6 Å². The number of ether oxygens (including phenoxy) is 2. The highest BCUT2D eigenvalue weighted by Crippen LogP contribution is 2.48. The lowest BCUT2D eigenvalue weighted by Gasteiger charge is -2.47. The van der Waals surface area contributed by atoms with Crippen molar-refractivity contribution in [3.63, 3.8) is 0 Å². The topological polar surface area (TPSA) is 106 Å². The number of aliphatic hydroxyl groups is 1. The minimum absolute atomic E-state index is 0.00999. The first-order chi connectivity index (χ1) is 19.7. The number of nitrogens with one attached hydrogen (secondary N) is 2. The average Bonchev–Trinajstić information content (AvgIpc) is 3.49. The van der Waals surface area contributed by atoms with Gasteiger partial charge < -0.3 is 25.2 Å². The lowest BCUT2D eigenvalue weighted by atomic mass is 9.73. The summed E-state index contributed by atoms with van der Waals surface area (Å²) in [4.78, 5) is 22.0. The largest absolute Gasteiger partial charge is 0.471 e. The Kier molecular flexibility index (Phi) is 9.38. The van der Waals surface area contributed by atoms with Crippen LogP contribution < -0.4 is 15.4 Å². The van der Waals surface area contributed by atoms with Gasteiger partial charge in [-0.2, -0.15) is 0 Å². The molecular weight excluding hydrogens is 536 g/mol. The maximum absolute atomic E-state index is 12.9. The van der Waals surface area contributed by atoms with Gasteiger partial charge in [0.2, 0.25) is 11.8 Å². The Balaban J connectivity index is 1.34. The molecule has 1 fully saturated rings. The van der Waals surface area contributed by atoms with Gasteiger partial charge in [-0.25, -0.2) is 9.97 Å². The zero-order valence-corrected chi connectivity index (χ0v) is 25.2. The number of thiazole rings is 1. The van der Waals surface area contributed by atoms with Crippen molar-refractivity contribution < 1.29 is 19.4 Å². The zero-order chi connectivity index (χ0) is 29.0. The highest BCUT2D eigenvalue weighted by Gasteiger charge is 2.46. The van der Waals surface area contributed by atoms with E-state index in [1.807, 2.05) is 29.8 Å². The third-order valence-corrected chi connectivity index (χ3v) is 9.08. The number of aromatic nitrogens is 2. The average molecular weight is 579 g/mol. The molecule has 1 unspecified atom stereocenters. The van der Waals surface area contributed by atoms with Crippen LogP contribution in [0.4, 0.5) is 0 Å². The van der Waals surface area contributed by atoms with E-state index in [1.54, 1.807) is 24.5 Å². The van der Waals surface area contributed by atoms with Gasteiger partial charge in [-0.05, 0) is 68.2 Å². The quantitative estimate of drug-likeness (QED) is 0.282. The number of carbonyl (C=O) groups excluding carboxylic acids is 1. The summed E-state index contributed by atoms with van der Waals surface area (Å²) >= 11 is 1.58. The van der Waals surface area contributed by atoms with E-state index in [-0.39, 0.29) is 17.6 Å². The molecule has 0 radical (unpaired) electrons. The molecule has 9 heteroatoms. The smallest absolute Gasteiger partial charge is 0.249 e. The van der Waals surface area contributed by atoms with Crippen molar-refractivity contribution in [3.8, 4) is 16.5 Å². The highest BCUT2D eigenvalue weighted by atomic mass is 32.1. The Hall–Kier alpha value is -2.85. The van der Waals surface area contributed by atoms with Crippen LogP contribution in [0, 0.1) is 5.92 Å². The van der Waals surface area contributed by atoms with Gasteiger partial charge in [0.1, 0.15) is 16.7 Å². The van der Waals surface area contributed by atoms with Crippen LogP contribution in [0.15, 0.2) is 48.1 Å². The summed E-state index contributed by atoms with van der Waals surface area (Å²) in [5.74, 6) is 0.978.